The lowest BCUT2D eigenvalue weighted by molar-refractivity contribution is -0.0566. The van der Waals surface area contributed by atoms with Gasteiger partial charge in [0.2, 0.25) is 0 Å². The molecule has 0 aromatic heterocycles. The number of aliphatic imine (C=N–C) groups is 1. The van der Waals surface area contributed by atoms with Crippen LogP contribution in [0.1, 0.15) is 45.4 Å². The van der Waals surface area contributed by atoms with Gasteiger partial charge < -0.3 is 20.1 Å². The first-order chi connectivity index (χ1) is 10.7. The molecule has 1 aliphatic carbocycles. The van der Waals surface area contributed by atoms with Crippen molar-refractivity contribution in [3.8, 4) is 0 Å². The summed E-state index contributed by atoms with van der Waals surface area (Å²) in [6.45, 7) is 7.06. The van der Waals surface area contributed by atoms with Crippen LogP contribution in [0.4, 0.5) is 0 Å². The molecular formula is C17H32IN3O2. The van der Waals surface area contributed by atoms with Crippen molar-refractivity contribution in [2.75, 3.05) is 39.4 Å². The summed E-state index contributed by atoms with van der Waals surface area (Å²) in [6, 6.07) is 0. The van der Waals surface area contributed by atoms with Crippen molar-refractivity contribution in [3.05, 3.63) is 0 Å². The van der Waals surface area contributed by atoms with Crippen LogP contribution in [0.3, 0.4) is 0 Å². The number of hydrogen-bond donors (Lipinski definition) is 2. The highest BCUT2D eigenvalue weighted by molar-refractivity contribution is 14.0. The molecule has 23 heavy (non-hydrogen) atoms. The fraction of sp³-hybridized carbons (Fsp3) is 0.941. The largest absolute Gasteiger partial charge is 0.388 e. The Kier molecular flexibility index (Phi) is 7.41. The zero-order chi connectivity index (χ0) is 15.4. The van der Waals surface area contributed by atoms with Crippen LogP contribution in [0.2, 0.25) is 0 Å². The Morgan fingerprint density at radius 3 is 2.39 bits per heavy atom. The van der Waals surface area contributed by atoms with Gasteiger partial charge in [-0.05, 0) is 31.6 Å². The van der Waals surface area contributed by atoms with Gasteiger partial charge >= 0.3 is 0 Å². The van der Waals surface area contributed by atoms with E-state index in [1.165, 1.54) is 25.7 Å². The molecule has 3 rings (SSSR count). The Bertz CT molecular complexity index is 385. The first-order valence-electron chi connectivity index (χ1n) is 9.03. The van der Waals surface area contributed by atoms with Crippen LogP contribution in [0.15, 0.2) is 4.99 Å². The number of hydrogen-bond acceptors (Lipinski definition) is 3. The van der Waals surface area contributed by atoms with Gasteiger partial charge in [0.25, 0.3) is 0 Å². The van der Waals surface area contributed by atoms with Crippen molar-refractivity contribution in [2.24, 2.45) is 16.8 Å². The highest BCUT2D eigenvalue weighted by atomic mass is 127. The molecule has 0 spiro atoms. The van der Waals surface area contributed by atoms with Gasteiger partial charge in [-0.25, -0.2) is 0 Å². The van der Waals surface area contributed by atoms with Gasteiger partial charge in [0, 0.05) is 45.7 Å². The maximum atomic E-state index is 10.6. The van der Waals surface area contributed by atoms with E-state index in [1.54, 1.807) is 0 Å². The Morgan fingerprint density at radius 2 is 1.83 bits per heavy atom. The molecule has 134 valence electrons. The van der Waals surface area contributed by atoms with Crippen molar-refractivity contribution in [3.63, 3.8) is 0 Å². The van der Waals surface area contributed by atoms with E-state index < -0.39 is 5.60 Å². The number of nitrogens with one attached hydrogen (secondary N) is 1. The summed E-state index contributed by atoms with van der Waals surface area (Å²) in [7, 11) is 0. The third-order valence-electron chi connectivity index (χ3n) is 5.56. The maximum absolute atomic E-state index is 10.6. The third-order valence-corrected chi connectivity index (χ3v) is 5.56. The number of halogens is 1. The number of rotatable bonds is 3. The summed E-state index contributed by atoms with van der Waals surface area (Å²) < 4.78 is 5.35. The molecule has 0 bridgehead atoms. The summed E-state index contributed by atoms with van der Waals surface area (Å²) in [5, 5.41) is 14.0. The van der Waals surface area contributed by atoms with Gasteiger partial charge in [0.05, 0.1) is 12.1 Å². The van der Waals surface area contributed by atoms with Crippen LogP contribution in [0.25, 0.3) is 0 Å². The quantitative estimate of drug-likeness (QED) is 0.404. The van der Waals surface area contributed by atoms with Gasteiger partial charge in [-0.2, -0.15) is 0 Å². The van der Waals surface area contributed by atoms with Gasteiger partial charge in [0.15, 0.2) is 5.96 Å². The molecule has 2 N–H and O–H groups in total. The summed E-state index contributed by atoms with van der Waals surface area (Å²) in [5.41, 5.74) is -0.675. The second kappa shape index (κ2) is 8.85. The monoisotopic (exact) mass is 437 g/mol. The average molecular weight is 437 g/mol. The number of guanidine groups is 1. The van der Waals surface area contributed by atoms with E-state index in [4.69, 9.17) is 9.73 Å². The normalized spacial score (nSPS) is 30.5. The Labute approximate surface area is 157 Å². The minimum absolute atomic E-state index is 0. The highest BCUT2D eigenvalue weighted by Gasteiger charge is 2.36. The molecule has 2 unspecified atom stereocenters. The fourth-order valence-corrected chi connectivity index (χ4v) is 4.14. The molecule has 5 nitrogen and oxygen atoms in total. The maximum Gasteiger partial charge on any atom is 0.194 e. The van der Waals surface area contributed by atoms with Crippen molar-refractivity contribution in [1.82, 2.24) is 10.2 Å². The molecular weight excluding hydrogens is 405 g/mol. The lowest BCUT2D eigenvalue weighted by Gasteiger charge is -2.31. The molecule has 0 aromatic carbocycles. The first kappa shape index (κ1) is 19.2. The van der Waals surface area contributed by atoms with Gasteiger partial charge in [-0.3, -0.25) is 4.99 Å². The summed E-state index contributed by atoms with van der Waals surface area (Å²) in [4.78, 5) is 7.20. The Hall–Kier alpha value is -0.0800. The minimum atomic E-state index is -0.675. The molecule has 0 radical (unpaired) electrons. The van der Waals surface area contributed by atoms with Crippen LogP contribution in [-0.2, 0) is 4.74 Å². The van der Waals surface area contributed by atoms with Crippen LogP contribution in [0, 0.1) is 11.8 Å². The fourth-order valence-electron chi connectivity index (χ4n) is 4.14. The van der Waals surface area contributed by atoms with E-state index in [-0.39, 0.29) is 24.0 Å². The minimum Gasteiger partial charge on any atom is -0.388 e. The second-order valence-electron chi connectivity index (χ2n) is 7.22. The number of nitrogens with zero attached hydrogens (tertiary/aromatic N) is 2. The summed E-state index contributed by atoms with van der Waals surface area (Å²) in [6.07, 6.45) is 6.93. The Balaban J connectivity index is 0.00000192. The van der Waals surface area contributed by atoms with Crippen LogP contribution in [0.5, 0.6) is 0 Å². The average Bonchev–Trinajstić information content (AvgIpc) is 2.96. The van der Waals surface area contributed by atoms with Gasteiger partial charge in [0.1, 0.15) is 0 Å². The van der Waals surface area contributed by atoms with Crippen molar-refractivity contribution >= 4 is 29.9 Å². The highest BCUT2D eigenvalue weighted by Crippen LogP contribution is 2.36. The molecule has 2 saturated heterocycles. The predicted octanol–water partition coefficient (Wildman–Crippen LogP) is 2.23. The molecule has 6 heteroatoms. The molecule has 1 saturated carbocycles. The topological polar surface area (TPSA) is 57.1 Å². The van der Waals surface area contributed by atoms with E-state index >= 15 is 0 Å². The zero-order valence-corrected chi connectivity index (χ0v) is 16.6. The van der Waals surface area contributed by atoms with E-state index in [0.29, 0.717) is 32.6 Å². The van der Waals surface area contributed by atoms with Gasteiger partial charge in [-0.15, -0.1) is 24.0 Å². The van der Waals surface area contributed by atoms with Crippen molar-refractivity contribution in [1.29, 1.82) is 0 Å². The zero-order valence-electron chi connectivity index (χ0n) is 14.3. The molecule has 0 aromatic rings. The van der Waals surface area contributed by atoms with Gasteiger partial charge in [-0.1, -0.05) is 12.8 Å². The molecule has 0 amide bonds. The van der Waals surface area contributed by atoms with E-state index in [2.05, 4.69) is 17.1 Å². The van der Waals surface area contributed by atoms with Crippen molar-refractivity contribution in [2.45, 2.75) is 51.0 Å². The van der Waals surface area contributed by atoms with Crippen LogP contribution < -0.4 is 5.32 Å². The summed E-state index contributed by atoms with van der Waals surface area (Å²) >= 11 is 0. The lowest BCUT2D eigenvalue weighted by Crippen LogP contribution is -2.43. The summed E-state index contributed by atoms with van der Waals surface area (Å²) in [5.74, 6) is 2.70. The molecule has 3 aliphatic rings. The molecule has 2 aliphatic heterocycles. The smallest absolute Gasteiger partial charge is 0.194 e. The molecule has 2 atom stereocenters. The van der Waals surface area contributed by atoms with E-state index in [0.717, 1.165) is 37.4 Å². The SMILES string of the molecule is CCNC(=NCC1(O)CCOCC1)N1CC2CCCCC2C1.I. The number of aliphatic hydroxyl groups is 1. The van der Waals surface area contributed by atoms with Crippen LogP contribution in [-0.4, -0.2) is 61.0 Å². The van der Waals surface area contributed by atoms with E-state index in [1.807, 2.05) is 0 Å². The first-order valence-corrected chi connectivity index (χ1v) is 9.03. The second-order valence-corrected chi connectivity index (χ2v) is 7.22. The number of likely N-dealkylation sites (tertiary alicyclic amines) is 1. The lowest BCUT2D eigenvalue weighted by atomic mass is 9.82. The number of fused-ring (bicyclic) bond motifs is 1. The standard InChI is InChI=1S/C17H31N3O2.HI/c1-2-18-16(19-13-17(21)7-9-22-10-8-17)20-11-14-5-3-4-6-15(14)12-20;/h14-15,21H,2-13H2,1H3,(H,18,19);1H. The third kappa shape index (κ3) is 4.95. The Morgan fingerprint density at radius 1 is 1.22 bits per heavy atom. The molecule has 2 heterocycles. The van der Waals surface area contributed by atoms with E-state index in [9.17, 15) is 5.11 Å². The predicted molar refractivity (Wildman–Crippen MR) is 103 cm³/mol. The van der Waals surface area contributed by atoms with Crippen LogP contribution >= 0.6 is 24.0 Å². The number of ether oxygens (including phenoxy) is 1. The van der Waals surface area contributed by atoms with Crippen molar-refractivity contribution < 1.29 is 9.84 Å². The molecule has 3 fully saturated rings.